The lowest BCUT2D eigenvalue weighted by Crippen LogP contribution is -2.39. The molecule has 0 aliphatic carbocycles. The lowest BCUT2D eigenvalue weighted by Gasteiger charge is -2.11. The van der Waals surface area contributed by atoms with E-state index < -0.39 is 0 Å². The molecule has 0 saturated carbocycles. The smallest absolute Gasteiger partial charge is 0.237 e. The molecule has 0 radical (unpaired) electrons. The topological polar surface area (TPSA) is 79.5 Å². The van der Waals surface area contributed by atoms with Gasteiger partial charge in [-0.1, -0.05) is 29.8 Å². The zero-order chi connectivity index (χ0) is 20.5. The summed E-state index contributed by atoms with van der Waals surface area (Å²) in [4.78, 5) is 24.1. The quantitative estimate of drug-likeness (QED) is 0.570. The van der Waals surface area contributed by atoms with Crippen molar-refractivity contribution in [3.05, 3.63) is 59.7 Å². The number of amides is 2. The van der Waals surface area contributed by atoms with Crippen molar-refractivity contribution in [2.45, 2.75) is 45.2 Å². The first-order chi connectivity index (χ1) is 14.1. The van der Waals surface area contributed by atoms with E-state index in [4.69, 9.17) is 4.74 Å². The Bertz CT molecular complexity index is 797. The molecule has 6 nitrogen and oxygen atoms in total. The number of benzene rings is 2. The van der Waals surface area contributed by atoms with Crippen molar-refractivity contribution in [2.75, 3.05) is 18.5 Å². The third-order valence-electron chi connectivity index (χ3n) is 4.92. The number of hydrogen-bond acceptors (Lipinski definition) is 4. The summed E-state index contributed by atoms with van der Waals surface area (Å²) >= 11 is 0. The summed E-state index contributed by atoms with van der Waals surface area (Å²) in [7, 11) is 0. The van der Waals surface area contributed by atoms with Gasteiger partial charge in [0, 0.05) is 18.7 Å². The first-order valence-corrected chi connectivity index (χ1v) is 10.2. The highest BCUT2D eigenvalue weighted by Gasteiger charge is 2.21. The Balaban J connectivity index is 1.33. The monoisotopic (exact) mass is 395 g/mol. The Labute approximate surface area is 172 Å². The zero-order valence-corrected chi connectivity index (χ0v) is 16.9. The number of aryl methyl sites for hydroxylation is 1. The maximum Gasteiger partial charge on any atom is 0.237 e. The molecule has 1 aliphatic rings. The molecule has 3 N–H and O–H groups in total. The maximum atomic E-state index is 12.1. The Morgan fingerprint density at radius 1 is 1.10 bits per heavy atom. The van der Waals surface area contributed by atoms with Crippen LogP contribution < -0.4 is 20.7 Å². The van der Waals surface area contributed by atoms with Crippen LogP contribution in [0.15, 0.2) is 48.5 Å². The minimum Gasteiger partial charge on any atom is -0.494 e. The third-order valence-corrected chi connectivity index (χ3v) is 4.92. The molecule has 1 aliphatic heterocycles. The Kier molecular flexibility index (Phi) is 7.64. The highest BCUT2D eigenvalue weighted by Crippen LogP contribution is 2.13. The van der Waals surface area contributed by atoms with Crippen LogP contribution in [0.4, 0.5) is 5.69 Å². The van der Waals surface area contributed by atoms with Gasteiger partial charge >= 0.3 is 0 Å². The van der Waals surface area contributed by atoms with Crippen molar-refractivity contribution in [3.8, 4) is 5.75 Å². The second kappa shape index (κ2) is 10.6. The largest absolute Gasteiger partial charge is 0.494 e. The fourth-order valence-corrected chi connectivity index (χ4v) is 3.21. The normalized spacial score (nSPS) is 15.7. The van der Waals surface area contributed by atoms with Crippen LogP contribution in [0.1, 0.15) is 36.8 Å². The number of hydrogen-bond donors (Lipinski definition) is 3. The summed E-state index contributed by atoms with van der Waals surface area (Å²) in [6, 6.07) is 15.4. The van der Waals surface area contributed by atoms with Crippen LogP contribution in [0, 0.1) is 6.92 Å². The molecule has 29 heavy (non-hydrogen) atoms. The predicted octanol–water partition coefficient (Wildman–Crippen LogP) is 3.16. The summed E-state index contributed by atoms with van der Waals surface area (Å²) in [6.07, 6.45) is 2.99. The van der Waals surface area contributed by atoms with Gasteiger partial charge in [0.25, 0.3) is 0 Å². The SMILES string of the molecule is Cc1ccc(OCCCC(=O)Nc2ccc(CNC(=O)C3CCCN3)cc2)cc1. The average molecular weight is 396 g/mol. The van der Waals surface area contributed by atoms with E-state index in [-0.39, 0.29) is 17.9 Å². The number of nitrogens with one attached hydrogen (secondary N) is 3. The fraction of sp³-hybridized carbons (Fsp3) is 0.391. The van der Waals surface area contributed by atoms with E-state index in [2.05, 4.69) is 16.0 Å². The van der Waals surface area contributed by atoms with Gasteiger partial charge in [-0.3, -0.25) is 9.59 Å². The van der Waals surface area contributed by atoms with E-state index in [9.17, 15) is 9.59 Å². The molecule has 1 fully saturated rings. The van der Waals surface area contributed by atoms with Crippen LogP contribution >= 0.6 is 0 Å². The highest BCUT2D eigenvalue weighted by atomic mass is 16.5. The molecule has 6 heteroatoms. The molecule has 1 saturated heterocycles. The highest BCUT2D eigenvalue weighted by molar-refractivity contribution is 5.90. The van der Waals surface area contributed by atoms with Crippen molar-refractivity contribution in [3.63, 3.8) is 0 Å². The molecule has 154 valence electrons. The van der Waals surface area contributed by atoms with Gasteiger partial charge in [-0.25, -0.2) is 0 Å². The van der Waals surface area contributed by atoms with Crippen LogP contribution in [0.3, 0.4) is 0 Å². The molecule has 2 amide bonds. The molecule has 0 bridgehead atoms. The van der Waals surface area contributed by atoms with Gasteiger partial charge in [0.15, 0.2) is 0 Å². The van der Waals surface area contributed by atoms with Crippen molar-refractivity contribution < 1.29 is 14.3 Å². The van der Waals surface area contributed by atoms with E-state index in [1.165, 1.54) is 5.56 Å². The van der Waals surface area contributed by atoms with Crippen molar-refractivity contribution >= 4 is 17.5 Å². The standard InChI is InChI=1S/C23H29N3O3/c1-17-6-12-20(13-7-17)29-15-3-5-22(27)26-19-10-8-18(9-11-19)16-25-23(28)21-4-2-14-24-21/h6-13,21,24H,2-5,14-16H2,1H3,(H,25,28)(H,26,27). The molecular weight excluding hydrogens is 366 g/mol. The van der Waals surface area contributed by atoms with E-state index in [0.29, 0.717) is 26.0 Å². The van der Waals surface area contributed by atoms with E-state index in [1.807, 2.05) is 55.5 Å². The number of carbonyl (C=O) groups is 2. The Morgan fingerprint density at radius 3 is 2.55 bits per heavy atom. The molecule has 2 aromatic rings. The van der Waals surface area contributed by atoms with Crippen LogP contribution in [-0.4, -0.2) is 31.0 Å². The number of rotatable bonds is 9. The Hall–Kier alpha value is -2.86. The number of carbonyl (C=O) groups excluding carboxylic acids is 2. The lowest BCUT2D eigenvalue weighted by atomic mass is 10.1. The third kappa shape index (κ3) is 6.91. The summed E-state index contributed by atoms with van der Waals surface area (Å²) < 4.78 is 5.64. The van der Waals surface area contributed by atoms with Gasteiger partial charge in [-0.15, -0.1) is 0 Å². The van der Waals surface area contributed by atoms with Gasteiger partial charge in [0.2, 0.25) is 11.8 Å². The molecule has 2 aromatic carbocycles. The van der Waals surface area contributed by atoms with E-state index in [1.54, 1.807) is 0 Å². The first kappa shape index (κ1) is 20.9. The van der Waals surface area contributed by atoms with Crippen molar-refractivity contribution in [1.82, 2.24) is 10.6 Å². The van der Waals surface area contributed by atoms with Crippen LogP contribution in [-0.2, 0) is 16.1 Å². The number of anilines is 1. The van der Waals surface area contributed by atoms with Crippen molar-refractivity contribution in [2.24, 2.45) is 0 Å². The number of ether oxygens (including phenoxy) is 1. The maximum absolute atomic E-state index is 12.1. The van der Waals surface area contributed by atoms with Crippen molar-refractivity contribution in [1.29, 1.82) is 0 Å². The van der Waals surface area contributed by atoms with Crippen LogP contribution in [0.2, 0.25) is 0 Å². The first-order valence-electron chi connectivity index (χ1n) is 10.2. The molecule has 3 rings (SSSR count). The lowest BCUT2D eigenvalue weighted by molar-refractivity contribution is -0.123. The fourth-order valence-electron chi connectivity index (χ4n) is 3.21. The van der Waals surface area contributed by atoms with Gasteiger partial charge in [0.1, 0.15) is 5.75 Å². The van der Waals surface area contributed by atoms with Crippen LogP contribution in [0.25, 0.3) is 0 Å². The molecular formula is C23H29N3O3. The molecule has 1 heterocycles. The second-order valence-electron chi connectivity index (χ2n) is 7.38. The minimum absolute atomic E-state index is 0.0362. The molecule has 0 spiro atoms. The summed E-state index contributed by atoms with van der Waals surface area (Å²) in [5, 5.41) is 9.03. The average Bonchev–Trinajstić information content (AvgIpc) is 3.27. The summed E-state index contributed by atoms with van der Waals surface area (Å²) in [5.41, 5.74) is 2.94. The predicted molar refractivity (Wildman–Crippen MR) is 114 cm³/mol. The van der Waals surface area contributed by atoms with Gasteiger partial charge in [-0.05, 0) is 62.6 Å². The molecule has 0 aromatic heterocycles. The van der Waals surface area contributed by atoms with Crippen LogP contribution in [0.5, 0.6) is 5.75 Å². The van der Waals surface area contributed by atoms with Gasteiger partial charge in [0.05, 0.1) is 12.6 Å². The zero-order valence-electron chi connectivity index (χ0n) is 16.9. The summed E-state index contributed by atoms with van der Waals surface area (Å²) in [5.74, 6) is 0.834. The van der Waals surface area contributed by atoms with E-state index >= 15 is 0 Å². The van der Waals surface area contributed by atoms with Gasteiger partial charge < -0.3 is 20.7 Å². The van der Waals surface area contributed by atoms with E-state index in [0.717, 1.165) is 36.4 Å². The summed E-state index contributed by atoms with van der Waals surface area (Å²) in [6.45, 7) is 3.93. The Morgan fingerprint density at radius 2 is 1.86 bits per heavy atom. The second-order valence-corrected chi connectivity index (χ2v) is 7.38. The molecule has 1 atom stereocenters. The molecule has 1 unspecified atom stereocenters. The van der Waals surface area contributed by atoms with Gasteiger partial charge in [-0.2, -0.15) is 0 Å². The minimum atomic E-state index is -0.0662.